The zero-order chi connectivity index (χ0) is 12.5. The van der Waals surface area contributed by atoms with Crippen molar-refractivity contribution in [3.63, 3.8) is 0 Å². The van der Waals surface area contributed by atoms with E-state index in [4.69, 9.17) is 0 Å². The molecule has 0 unspecified atom stereocenters. The first-order chi connectivity index (χ1) is 7.97. The lowest BCUT2D eigenvalue weighted by Crippen LogP contribution is -2.32. The maximum Gasteiger partial charge on any atom is 0.0400 e. The van der Waals surface area contributed by atoms with E-state index in [2.05, 4.69) is 56.2 Å². The molecule has 94 valence electrons. The average Bonchev–Trinajstić information content (AvgIpc) is 2.26. The zero-order valence-electron chi connectivity index (χ0n) is 11.5. The number of nitrogens with zero attached hydrogens (tertiary/aromatic N) is 1. The van der Waals surface area contributed by atoms with Crippen LogP contribution in [-0.4, -0.2) is 20.1 Å². The molecule has 0 amide bonds. The van der Waals surface area contributed by atoms with Crippen molar-refractivity contribution in [2.24, 2.45) is 5.41 Å². The molecule has 1 aliphatic rings. The zero-order valence-corrected chi connectivity index (χ0v) is 11.5. The van der Waals surface area contributed by atoms with E-state index in [-0.39, 0.29) is 0 Å². The van der Waals surface area contributed by atoms with Crippen molar-refractivity contribution in [3.8, 4) is 0 Å². The predicted octanol–water partition coefficient (Wildman–Crippen LogP) is 2.81. The second kappa shape index (κ2) is 4.69. The predicted molar refractivity (Wildman–Crippen MR) is 74.6 cm³/mol. The van der Waals surface area contributed by atoms with Crippen LogP contribution in [0.25, 0.3) is 0 Å². The van der Waals surface area contributed by atoms with E-state index < -0.39 is 0 Å². The van der Waals surface area contributed by atoms with Crippen molar-refractivity contribution >= 4 is 5.69 Å². The highest BCUT2D eigenvalue weighted by Gasteiger charge is 2.18. The molecule has 0 aliphatic carbocycles. The van der Waals surface area contributed by atoms with Gasteiger partial charge in [0.15, 0.2) is 0 Å². The van der Waals surface area contributed by atoms with E-state index in [1.165, 1.54) is 16.8 Å². The van der Waals surface area contributed by atoms with Gasteiger partial charge in [-0.1, -0.05) is 32.9 Å². The number of hydrogen-bond acceptors (Lipinski definition) is 2. The fraction of sp³-hybridized carbons (Fsp3) is 0.600. The third-order valence-corrected chi connectivity index (χ3v) is 3.24. The number of hydrogen-bond donors (Lipinski definition) is 1. The van der Waals surface area contributed by atoms with Gasteiger partial charge in [0.05, 0.1) is 0 Å². The molecule has 2 heteroatoms. The average molecular weight is 232 g/mol. The summed E-state index contributed by atoms with van der Waals surface area (Å²) in [5.41, 5.74) is 4.76. The molecular weight excluding hydrogens is 208 g/mol. The summed E-state index contributed by atoms with van der Waals surface area (Å²) in [4.78, 5) is 2.41. The molecule has 0 fully saturated rings. The standard InChI is InChI=1S/C15H24N2/c1-15(2,3)11-17(4)14-7-5-6-12-10-16-9-8-13(12)14/h5-7,16H,8-11H2,1-4H3. The number of fused-ring (bicyclic) bond motifs is 1. The Hall–Kier alpha value is -1.02. The van der Waals surface area contributed by atoms with Gasteiger partial charge in [0.25, 0.3) is 0 Å². The van der Waals surface area contributed by atoms with Gasteiger partial charge in [0.2, 0.25) is 0 Å². The van der Waals surface area contributed by atoms with Crippen molar-refractivity contribution in [3.05, 3.63) is 29.3 Å². The highest BCUT2D eigenvalue weighted by molar-refractivity contribution is 5.57. The Morgan fingerprint density at radius 2 is 2.06 bits per heavy atom. The Labute approximate surface area is 105 Å². The van der Waals surface area contributed by atoms with Gasteiger partial charge in [0, 0.05) is 25.8 Å². The highest BCUT2D eigenvalue weighted by Crippen LogP contribution is 2.28. The van der Waals surface area contributed by atoms with Gasteiger partial charge in [-0.25, -0.2) is 0 Å². The fourth-order valence-corrected chi connectivity index (χ4v) is 2.67. The Bertz CT molecular complexity index is 390. The molecule has 0 saturated heterocycles. The van der Waals surface area contributed by atoms with Gasteiger partial charge in [-0.05, 0) is 35.6 Å². The molecule has 17 heavy (non-hydrogen) atoms. The lowest BCUT2D eigenvalue weighted by molar-refractivity contribution is 0.418. The summed E-state index contributed by atoms with van der Waals surface area (Å²) >= 11 is 0. The van der Waals surface area contributed by atoms with Crippen molar-refractivity contribution in [2.75, 3.05) is 25.0 Å². The first-order valence-electron chi connectivity index (χ1n) is 6.50. The summed E-state index contributed by atoms with van der Waals surface area (Å²) in [7, 11) is 2.21. The Morgan fingerprint density at radius 1 is 1.29 bits per heavy atom. The third-order valence-electron chi connectivity index (χ3n) is 3.24. The Kier molecular flexibility index (Phi) is 3.43. The van der Waals surface area contributed by atoms with Crippen LogP contribution in [0.15, 0.2) is 18.2 Å². The largest absolute Gasteiger partial charge is 0.374 e. The van der Waals surface area contributed by atoms with Crippen LogP contribution in [0.1, 0.15) is 31.9 Å². The van der Waals surface area contributed by atoms with Crippen LogP contribution in [-0.2, 0) is 13.0 Å². The fourth-order valence-electron chi connectivity index (χ4n) is 2.67. The smallest absolute Gasteiger partial charge is 0.0400 e. The number of anilines is 1. The van der Waals surface area contributed by atoms with E-state index >= 15 is 0 Å². The molecule has 0 radical (unpaired) electrons. The number of benzene rings is 1. The van der Waals surface area contributed by atoms with Crippen LogP contribution < -0.4 is 10.2 Å². The van der Waals surface area contributed by atoms with Crippen LogP contribution >= 0.6 is 0 Å². The van der Waals surface area contributed by atoms with Crippen molar-refractivity contribution < 1.29 is 0 Å². The molecule has 1 heterocycles. The summed E-state index contributed by atoms with van der Waals surface area (Å²) in [6, 6.07) is 6.69. The molecule has 1 aliphatic heterocycles. The van der Waals surface area contributed by atoms with E-state index in [0.29, 0.717) is 5.41 Å². The maximum atomic E-state index is 3.44. The minimum Gasteiger partial charge on any atom is -0.374 e. The third kappa shape index (κ3) is 3.01. The minimum atomic E-state index is 0.338. The van der Waals surface area contributed by atoms with Gasteiger partial charge in [-0.3, -0.25) is 0 Å². The second-order valence-electron chi connectivity index (χ2n) is 6.26. The Morgan fingerprint density at radius 3 is 2.76 bits per heavy atom. The van der Waals surface area contributed by atoms with Crippen molar-refractivity contribution in [2.45, 2.75) is 33.7 Å². The van der Waals surface area contributed by atoms with Crippen LogP contribution in [0.2, 0.25) is 0 Å². The van der Waals surface area contributed by atoms with E-state index in [1.54, 1.807) is 0 Å². The Balaban J connectivity index is 2.26. The number of rotatable bonds is 2. The van der Waals surface area contributed by atoms with Crippen LogP contribution in [0.3, 0.4) is 0 Å². The molecule has 0 bridgehead atoms. The van der Waals surface area contributed by atoms with E-state index in [0.717, 1.165) is 26.1 Å². The molecule has 1 N–H and O–H groups in total. The van der Waals surface area contributed by atoms with Gasteiger partial charge in [-0.15, -0.1) is 0 Å². The molecule has 0 atom stereocenters. The van der Waals surface area contributed by atoms with Gasteiger partial charge in [-0.2, -0.15) is 0 Å². The van der Waals surface area contributed by atoms with Gasteiger partial charge < -0.3 is 10.2 Å². The monoisotopic (exact) mass is 232 g/mol. The highest BCUT2D eigenvalue weighted by atomic mass is 15.1. The molecule has 0 saturated carbocycles. The quantitative estimate of drug-likeness (QED) is 0.843. The van der Waals surface area contributed by atoms with Gasteiger partial charge >= 0.3 is 0 Å². The molecule has 2 nitrogen and oxygen atoms in total. The summed E-state index contributed by atoms with van der Waals surface area (Å²) < 4.78 is 0. The lowest BCUT2D eigenvalue weighted by Gasteiger charge is -2.31. The first-order valence-corrected chi connectivity index (χ1v) is 6.50. The summed E-state index contributed by atoms with van der Waals surface area (Å²) in [6.45, 7) is 10.1. The number of nitrogens with one attached hydrogen (secondary N) is 1. The van der Waals surface area contributed by atoms with Crippen molar-refractivity contribution in [1.82, 2.24) is 5.32 Å². The molecule has 0 spiro atoms. The van der Waals surface area contributed by atoms with Crippen LogP contribution in [0.4, 0.5) is 5.69 Å². The summed E-state index contributed by atoms with van der Waals surface area (Å²) in [5.74, 6) is 0. The first kappa shape index (κ1) is 12.4. The normalized spacial score (nSPS) is 15.5. The van der Waals surface area contributed by atoms with Crippen LogP contribution in [0.5, 0.6) is 0 Å². The minimum absolute atomic E-state index is 0.338. The molecule has 0 aromatic heterocycles. The molecule has 2 rings (SSSR count). The van der Waals surface area contributed by atoms with Gasteiger partial charge in [0.1, 0.15) is 0 Å². The molecular formula is C15H24N2. The summed E-state index contributed by atoms with van der Waals surface area (Å²) in [6.07, 6.45) is 1.15. The molecule has 1 aromatic carbocycles. The second-order valence-corrected chi connectivity index (χ2v) is 6.26. The van der Waals surface area contributed by atoms with E-state index in [1.807, 2.05) is 0 Å². The van der Waals surface area contributed by atoms with E-state index in [9.17, 15) is 0 Å². The van der Waals surface area contributed by atoms with Crippen molar-refractivity contribution in [1.29, 1.82) is 0 Å². The maximum absolute atomic E-state index is 3.44. The summed E-state index contributed by atoms with van der Waals surface area (Å²) in [5, 5.41) is 3.44. The topological polar surface area (TPSA) is 15.3 Å². The molecule has 1 aromatic rings. The van der Waals surface area contributed by atoms with Crippen LogP contribution in [0, 0.1) is 5.41 Å². The lowest BCUT2D eigenvalue weighted by atomic mass is 9.94. The SMILES string of the molecule is CN(CC(C)(C)C)c1cccc2c1CCNC2.